The van der Waals surface area contributed by atoms with Crippen LogP contribution in [0.15, 0.2) is 54.9 Å². The molecule has 8 heteroatoms. The molecular weight excluding hydrogens is 340 g/mol. The molecule has 0 aliphatic carbocycles. The van der Waals surface area contributed by atoms with Crippen molar-refractivity contribution in [3.05, 3.63) is 77.6 Å². The van der Waals surface area contributed by atoms with Crippen LogP contribution < -0.4 is 0 Å². The zero-order chi connectivity index (χ0) is 18.5. The van der Waals surface area contributed by atoms with E-state index in [2.05, 4.69) is 15.5 Å². The molecule has 0 N–H and O–H groups in total. The molecule has 6 nitrogen and oxygen atoms in total. The lowest BCUT2D eigenvalue weighted by Crippen LogP contribution is -2.35. The number of carbonyl (C=O) groups excluding carboxylic acids is 1. The predicted octanol–water partition coefficient (Wildman–Crippen LogP) is 2.39. The summed E-state index contributed by atoms with van der Waals surface area (Å²) < 4.78 is 28.3. The average Bonchev–Trinajstić information content (AvgIpc) is 3.16. The lowest BCUT2D eigenvalue weighted by Gasteiger charge is -2.24. The molecule has 0 saturated heterocycles. The number of rotatable bonds is 6. The fraction of sp³-hybridized carbons (Fsp3) is 0.222. The van der Waals surface area contributed by atoms with Crippen molar-refractivity contribution in [2.75, 3.05) is 7.05 Å². The molecule has 1 amide bonds. The van der Waals surface area contributed by atoms with E-state index in [0.717, 1.165) is 11.6 Å². The standard InChI is InChI=1S/C18H17F2N5O/c1-24(11-14-7-8-15(19)10-16(14)20)18(26)17(25-12-21-22-23-25)9-13-5-3-2-4-6-13/h2-8,10,12,17H,9,11H2,1H3. The number of nitrogens with zero attached hydrogens (tertiary/aromatic N) is 5. The summed E-state index contributed by atoms with van der Waals surface area (Å²) in [7, 11) is 1.56. The normalized spacial score (nSPS) is 12.0. The van der Waals surface area contributed by atoms with E-state index in [1.54, 1.807) is 7.05 Å². The fourth-order valence-corrected chi connectivity index (χ4v) is 2.68. The van der Waals surface area contributed by atoms with E-state index in [9.17, 15) is 13.6 Å². The van der Waals surface area contributed by atoms with Gasteiger partial charge in [0.25, 0.3) is 0 Å². The van der Waals surface area contributed by atoms with Crippen LogP contribution in [0.5, 0.6) is 0 Å². The third kappa shape index (κ3) is 4.08. The first kappa shape index (κ1) is 17.7. The van der Waals surface area contributed by atoms with Gasteiger partial charge in [-0.25, -0.2) is 13.5 Å². The van der Waals surface area contributed by atoms with Gasteiger partial charge in [-0.1, -0.05) is 36.4 Å². The summed E-state index contributed by atoms with van der Waals surface area (Å²) in [5.74, 6) is -1.62. The molecule has 0 aliphatic rings. The van der Waals surface area contributed by atoms with Gasteiger partial charge in [-0.2, -0.15) is 0 Å². The van der Waals surface area contributed by atoms with E-state index in [4.69, 9.17) is 0 Å². The van der Waals surface area contributed by atoms with Crippen molar-refractivity contribution < 1.29 is 13.6 Å². The lowest BCUT2D eigenvalue weighted by molar-refractivity contribution is -0.134. The molecule has 1 unspecified atom stereocenters. The molecule has 0 aliphatic heterocycles. The van der Waals surface area contributed by atoms with Crippen LogP contribution >= 0.6 is 0 Å². The van der Waals surface area contributed by atoms with Crippen molar-refractivity contribution in [1.82, 2.24) is 25.1 Å². The third-order valence-electron chi connectivity index (χ3n) is 4.04. The first-order chi connectivity index (χ1) is 12.5. The SMILES string of the molecule is CN(Cc1ccc(F)cc1F)C(=O)C(Cc1ccccc1)n1cnnn1. The minimum atomic E-state index is -0.688. The van der Waals surface area contributed by atoms with Crippen molar-refractivity contribution in [2.24, 2.45) is 0 Å². The number of tetrazole rings is 1. The van der Waals surface area contributed by atoms with Crippen molar-refractivity contribution >= 4 is 5.91 Å². The second-order valence-corrected chi connectivity index (χ2v) is 5.93. The highest BCUT2D eigenvalue weighted by Gasteiger charge is 2.26. The van der Waals surface area contributed by atoms with Gasteiger partial charge in [0.15, 0.2) is 0 Å². The maximum Gasteiger partial charge on any atom is 0.247 e. The molecule has 0 bridgehead atoms. The summed E-state index contributed by atoms with van der Waals surface area (Å²) in [6.07, 6.45) is 1.76. The van der Waals surface area contributed by atoms with Crippen LogP contribution in [-0.4, -0.2) is 38.1 Å². The fourth-order valence-electron chi connectivity index (χ4n) is 2.68. The van der Waals surface area contributed by atoms with Crippen LogP contribution in [0, 0.1) is 11.6 Å². The molecule has 0 saturated carbocycles. The zero-order valence-electron chi connectivity index (χ0n) is 14.1. The molecule has 0 fully saturated rings. The topological polar surface area (TPSA) is 63.9 Å². The summed E-state index contributed by atoms with van der Waals surface area (Å²) in [5, 5.41) is 11.0. The van der Waals surface area contributed by atoms with Gasteiger partial charge in [0, 0.05) is 31.6 Å². The number of halogens is 2. The summed E-state index contributed by atoms with van der Waals surface area (Å²) in [6.45, 7) is 0.0123. The van der Waals surface area contributed by atoms with Gasteiger partial charge in [0.05, 0.1) is 0 Å². The van der Waals surface area contributed by atoms with Crippen molar-refractivity contribution in [1.29, 1.82) is 0 Å². The van der Waals surface area contributed by atoms with E-state index >= 15 is 0 Å². The lowest BCUT2D eigenvalue weighted by atomic mass is 10.0. The first-order valence-electron chi connectivity index (χ1n) is 8.00. The summed E-state index contributed by atoms with van der Waals surface area (Å²) in [4.78, 5) is 14.3. The van der Waals surface area contributed by atoms with Crippen LogP contribution in [0.2, 0.25) is 0 Å². The molecule has 1 heterocycles. The highest BCUT2D eigenvalue weighted by atomic mass is 19.1. The molecule has 2 aromatic carbocycles. The molecule has 0 spiro atoms. The van der Waals surface area contributed by atoms with Crippen molar-refractivity contribution in [3.8, 4) is 0 Å². The first-order valence-corrected chi connectivity index (χ1v) is 8.00. The van der Waals surface area contributed by atoms with Crippen molar-refractivity contribution in [3.63, 3.8) is 0 Å². The summed E-state index contributed by atoms with van der Waals surface area (Å²) >= 11 is 0. The highest BCUT2D eigenvalue weighted by Crippen LogP contribution is 2.18. The number of aromatic nitrogens is 4. The Labute approximate surface area is 149 Å². The molecule has 134 valence electrons. The maximum atomic E-state index is 13.9. The van der Waals surface area contributed by atoms with E-state index in [1.165, 1.54) is 28.0 Å². The number of hydrogen-bond acceptors (Lipinski definition) is 4. The Hall–Kier alpha value is -3.16. The van der Waals surface area contributed by atoms with E-state index in [-0.39, 0.29) is 18.0 Å². The Morgan fingerprint density at radius 1 is 1.19 bits per heavy atom. The average molecular weight is 357 g/mol. The predicted molar refractivity (Wildman–Crippen MR) is 89.8 cm³/mol. The van der Waals surface area contributed by atoms with Gasteiger partial charge in [-0.05, 0) is 22.1 Å². The van der Waals surface area contributed by atoms with Gasteiger partial charge in [0.1, 0.15) is 24.0 Å². The minimum absolute atomic E-state index is 0.0123. The third-order valence-corrected chi connectivity index (χ3v) is 4.04. The Morgan fingerprint density at radius 3 is 2.62 bits per heavy atom. The van der Waals surface area contributed by atoms with Crippen LogP contribution in [0.3, 0.4) is 0 Å². The van der Waals surface area contributed by atoms with Crippen LogP contribution in [0.1, 0.15) is 17.2 Å². The number of carbonyl (C=O) groups is 1. The summed E-state index contributed by atoms with van der Waals surface area (Å²) in [5.41, 5.74) is 1.18. The molecule has 26 heavy (non-hydrogen) atoms. The van der Waals surface area contributed by atoms with E-state index < -0.39 is 17.7 Å². The smallest absolute Gasteiger partial charge is 0.247 e. The van der Waals surface area contributed by atoms with Gasteiger partial charge >= 0.3 is 0 Å². The van der Waals surface area contributed by atoms with Gasteiger partial charge in [-0.15, -0.1) is 5.10 Å². The quantitative estimate of drug-likeness (QED) is 0.680. The van der Waals surface area contributed by atoms with Gasteiger partial charge in [-0.3, -0.25) is 4.79 Å². The molecular formula is C18H17F2N5O. The van der Waals surface area contributed by atoms with Crippen LogP contribution in [0.4, 0.5) is 8.78 Å². The van der Waals surface area contributed by atoms with Crippen LogP contribution in [0.25, 0.3) is 0 Å². The Balaban J connectivity index is 1.80. The van der Waals surface area contributed by atoms with Gasteiger partial charge < -0.3 is 4.90 Å². The molecule has 0 radical (unpaired) electrons. The van der Waals surface area contributed by atoms with Gasteiger partial charge in [0.2, 0.25) is 5.91 Å². The van der Waals surface area contributed by atoms with Crippen molar-refractivity contribution in [2.45, 2.75) is 19.0 Å². The van der Waals surface area contributed by atoms with E-state index in [1.807, 2.05) is 30.3 Å². The Morgan fingerprint density at radius 2 is 1.96 bits per heavy atom. The molecule has 3 aromatic rings. The minimum Gasteiger partial charge on any atom is -0.339 e. The summed E-state index contributed by atoms with van der Waals surface area (Å²) in [6, 6.07) is 12.1. The number of benzene rings is 2. The maximum absolute atomic E-state index is 13.9. The van der Waals surface area contributed by atoms with Crippen LogP contribution in [-0.2, 0) is 17.8 Å². The number of likely N-dealkylation sites (N-methyl/N-ethyl adjacent to an activating group) is 1. The second kappa shape index (κ2) is 7.81. The molecule has 1 atom stereocenters. The zero-order valence-corrected chi connectivity index (χ0v) is 14.1. The Bertz CT molecular complexity index is 871. The highest BCUT2D eigenvalue weighted by molar-refractivity contribution is 5.80. The second-order valence-electron chi connectivity index (χ2n) is 5.93. The number of hydrogen-bond donors (Lipinski definition) is 0. The largest absolute Gasteiger partial charge is 0.339 e. The number of amides is 1. The monoisotopic (exact) mass is 357 g/mol. The Kier molecular flexibility index (Phi) is 5.31. The van der Waals surface area contributed by atoms with E-state index in [0.29, 0.717) is 6.42 Å². The molecule has 3 rings (SSSR count). The molecule has 1 aromatic heterocycles.